The molecule has 0 unspecified atom stereocenters. The van der Waals surface area contributed by atoms with Crippen LogP contribution in [0.15, 0.2) is 48.7 Å². The molecule has 1 aliphatic heterocycles. The van der Waals surface area contributed by atoms with Crippen molar-refractivity contribution in [1.82, 2.24) is 15.3 Å². The van der Waals surface area contributed by atoms with E-state index in [1.165, 1.54) is 12.1 Å². The Labute approximate surface area is 167 Å². The van der Waals surface area contributed by atoms with Crippen molar-refractivity contribution in [1.29, 1.82) is 0 Å². The van der Waals surface area contributed by atoms with Gasteiger partial charge in [0, 0.05) is 41.7 Å². The average molecular weight is 421 g/mol. The fraction of sp³-hybridized carbons (Fsp3) is 0.150. The summed E-state index contributed by atoms with van der Waals surface area (Å²) in [6.45, 7) is 0.649. The molecule has 0 bridgehead atoms. The lowest BCUT2D eigenvalue weighted by Gasteiger charge is -2.10. The van der Waals surface area contributed by atoms with Gasteiger partial charge in [0.25, 0.3) is 5.91 Å². The summed E-state index contributed by atoms with van der Waals surface area (Å²) in [5.41, 5.74) is 4.84. The van der Waals surface area contributed by atoms with Gasteiger partial charge in [0.1, 0.15) is 5.82 Å². The predicted octanol–water partition coefficient (Wildman–Crippen LogP) is 3.80. The fourth-order valence-electron chi connectivity index (χ4n) is 2.85. The van der Waals surface area contributed by atoms with E-state index in [9.17, 15) is 22.4 Å². The summed E-state index contributed by atoms with van der Waals surface area (Å²) in [4.78, 5) is 28.4. The van der Waals surface area contributed by atoms with Crippen LogP contribution < -0.4 is 5.32 Å². The van der Waals surface area contributed by atoms with E-state index in [-0.39, 0.29) is 11.7 Å². The lowest BCUT2D eigenvalue weighted by Crippen LogP contribution is -2.31. The molecule has 2 aromatic heterocycles. The molecule has 0 spiro atoms. The molecule has 3 aromatic rings. The maximum Gasteiger partial charge on any atom is 0.490 e. The topological polar surface area (TPSA) is 95.1 Å². The second-order valence-electron chi connectivity index (χ2n) is 6.32. The van der Waals surface area contributed by atoms with Crippen LogP contribution in [-0.2, 0) is 11.2 Å². The van der Waals surface area contributed by atoms with Gasteiger partial charge in [-0.2, -0.15) is 13.2 Å². The number of pyridine rings is 1. The minimum Gasteiger partial charge on any atom is -0.475 e. The number of carbonyl (C=O) groups excluding carboxylic acids is 1. The first-order chi connectivity index (χ1) is 14.1. The lowest BCUT2D eigenvalue weighted by atomic mass is 10.1. The molecular formula is C20H15F4N3O3. The van der Waals surface area contributed by atoms with Gasteiger partial charge in [0.2, 0.25) is 0 Å². The number of aromatic nitrogens is 2. The maximum atomic E-state index is 13.4. The number of carboxylic acids is 1. The van der Waals surface area contributed by atoms with Gasteiger partial charge in [-0.3, -0.25) is 9.78 Å². The number of halogens is 4. The Kier molecular flexibility index (Phi) is 5.86. The lowest BCUT2D eigenvalue weighted by molar-refractivity contribution is -0.192. The highest BCUT2D eigenvalue weighted by Gasteiger charge is 2.38. The van der Waals surface area contributed by atoms with Crippen molar-refractivity contribution in [2.24, 2.45) is 0 Å². The summed E-state index contributed by atoms with van der Waals surface area (Å²) in [6, 6.07) is 12.0. The number of benzene rings is 1. The van der Waals surface area contributed by atoms with Gasteiger partial charge >= 0.3 is 12.1 Å². The molecule has 3 N–H and O–H groups in total. The third-order valence-electron chi connectivity index (χ3n) is 4.24. The number of nitrogens with zero attached hydrogens (tertiary/aromatic N) is 1. The van der Waals surface area contributed by atoms with E-state index in [2.05, 4.69) is 15.3 Å². The number of carbonyl (C=O) groups is 2. The number of nitrogens with one attached hydrogen (secondary N) is 2. The van der Waals surface area contributed by atoms with Crippen LogP contribution >= 0.6 is 0 Å². The Bertz CT molecular complexity index is 1090. The highest BCUT2D eigenvalue weighted by atomic mass is 19.4. The molecule has 0 aliphatic carbocycles. The van der Waals surface area contributed by atoms with E-state index in [4.69, 9.17) is 9.90 Å². The quantitative estimate of drug-likeness (QED) is 0.549. The highest BCUT2D eigenvalue weighted by molar-refractivity contribution is 5.97. The van der Waals surface area contributed by atoms with Crippen molar-refractivity contribution in [3.8, 4) is 22.5 Å². The number of amides is 1. The van der Waals surface area contributed by atoms with Crippen molar-refractivity contribution in [2.75, 3.05) is 6.54 Å². The molecule has 1 aromatic carbocycles. The Balaban J connectivity index is 0.000000318. The first-order valence-electron chi connectivity index (χ1n) is 8.67. The third kappa shape index (κ3) is 4.83. The monoisotopic (exact) mass is 421 g/mol. The van der Waals surface area contributed by atoms with Gasteiger partial charge in [-0.15, -0.1) is 0 Å². The molecule has 0 saturated heterocycles. The summed E-state index contributed by atoms with van der Waals surface area (Å²) >= 11 is 0. The number of fused-ring (bicyclic) bond motifs is 1. The number of hydrogen-bond donors (Lipinski definition) is 3. The normalized spacial score (nSPS) is 13.0. The van der Waals surface area contributed by atoms with Gasteiger partial charge in [-0.25, -0.2) is 9.18 Å². The zero-order valence-corrected chi connectivity index (χ0v) is 15.3. The zero-order chi connectivity index (χ0) is 21.9. The number of aliphatic carboxylic acids is 1. The van der Waals surface area contributed by atoms with Gasteiger partial charge in [-0.1, -0.05) is 12.1 Å². The van der Waals surface area contributed by atoms with Crippen molar-refractivity contribution in [2.45, 2.75) is 12.6 Å². The van der Waals surface area contributed by atoms with E-state index in [1.54, 1.807) is 12.3 Å². The molecule has 3 heterocycles. The Morgan fingerprint density at radius 1 is 1.10 bits per heavy atom. The van der Waals surface area contributed by atoms with Crippen molar-refractivity contribution in [3.63, 3.8) is 0 Å². The summed E-state index contributed by atoms with van der Waals surface area (Å²) in [6.07, 6.45) is -2.60. The Morgan fingerprint density at radius 2 is 1.83 bits per heavy atom. The van der Waals surface area contributed by atoms with Gasteiger partial charge < -0.3 is 15.4 Å². The largest absolute Gasteiger partial charge is 0.490 e. The predicted molar refractivity (Wildman–Crippen MR) is 99.1 cm³/mol. The molecule has 1 amide bonds. The van der Waals surface area contributed by atoms with Crippen LogP contribution in [0.2, 0.25) is 0 Å². The van der Waals surface area contributed by atoms with Crippen LogP contribution in [0.1, 0.15) is 16.1 Å². The van der Waals surface area contributed by atoms with E-state index in [1.807, 2.05) is 24.3 Å². The molecule has 10 heteroatoms. The van der Waals surface area contributed by atoms with E-state index in [0.717, 1.165) is 28.9 Å². The summed E-state index contributed by atoms with van der Waals surface area (Å²) in [5.74, 6) is -3.10. The second-order valence-corrected chi connectivity index (χ2v) is 6.32. The zero-order valence-electron chi connectivity index (χ0n) is 15.3. The van der Waals surface area contributed by atoms with Crippen molar-refractivity contribution >= 4 is 11.9 Å². The number of aromatic amines is 1. The van der Waals surface area contributed by atoms with Crippen molar-refractivity contribution in [3.05, 3.63) is 65.7 Å². The number of hydrogen-bond acceptors (Lipinski definition) is 3. The first kappa shape index (κ1) is 21.0. The second kappa shape index (κ2) is 8.36. The molecule has 0 fully saturated rings. The first-order valence-corrected chi connectivity index (χ1v) is 8.67. The number of carboxylic acid groups (broad SMARTS) is 1. The standard InChI is InChI=1S/C18H14FN3O.C2HF3O2/c19-13-3-1-2-11(8-13)16-9-12(4-6-20-16)17-10-14-15(22-17)5-7-21-18(14)23;3-2(4,5)1(6)7/h1-4,6,8-10,22H,5,7H2,(H,21,23);(H,6,7). The molecule has 6 nitrogen and oxygen atoms in total. The fourth-order valence-corrected chi connectivity index (χ4v) is 2.85. The Morgan fingerprint density at radius 3 is 2.47 bits per heavy atom. The Hall–Kier alpha value is -3.69. The molecule has 0 saturated carbocycles. The molecule has 0 radical (unpaired) electrons. The van der Waals surface area contributed by atoms with Gasteiger partial charge in [0.05, 0.1) is 11.3 Å². The van der Waals surface area contributed by atoms with Crippen LogP contribution in [0.5, 0.6) is 0 Å². The van der Waals surface area contributed by atoms with Crippen LogP contribution in [0.25, 0.3) is 22.5 Å². The number of H-pyrrole nitrogens is 1. The van der Waals surface area contributed by atoms with E-state index in [0.29, 0.717) is 17.8 Å². The number of rotatable bonds is 2. The van der Waals surface area contributed by atoms with Crippen LogP contribution in [0, 0.1) is 5.82 Å². The third-order valence-corrected chi connectivity index (χ3v) is 4.24. The summed E-state index contributed by atoms with van der Waals surface area (Å²) in [5, 5.41) is 9.96. The summed E-state index contributed by atoms with van der Waals surface area (Å²) < 4.78 is 45.1. The maximum absolute atomic E-state index is 13.4. The number of alkyl halides is 3. The molecule has 30 heavy (non-hydrogen) atoms. The molecule has 1 aliphatic rings. The molecule has 156 valence electrons. The highest BCUT2D eigenvalue weighted by Crippen LogP contribution is 2.27. The molecular weight excluding hydrogens is 406 g/mol. The smallest absolute Gasteiger partial charge is 0.475 e. The minimum absolute atomic E-state index is 0.0480. The average Bonchev–Trinajstić information content (AvgIpc) is 3.14. The van der Waals surface area contributed by atoms with E-state index >= 15 is 0 Å². The SMILES string of the molecule is O=C(O)C(F)(F)F.O=C1NCCc2[nH]c(-c3ccnc(-c4cccc(F)c4)c3)cc21. The van der Waals surface area contributed by atoms with Crippen LogP contribution in [0.4, 0.5) is 17.6 Å². The van der Waals surface area contributed by atoms with Crippen LogP contribution in [0.3, 0.4) is 0 Å². The van der Waals surface area contributed by atoms with E-state index < -0.39 is 12.1 Å². The summed E-state index contributed by atoms with van der Waals surface area (Å²) in [7, 11) is 0. The van der Waals surface area contributed by atoms with Crippen molar-refractivity contribution < 1.29 is 32.3 Å². The minimum atomic E-state index is -5.08. The van der Waals surface area contributed by atoms with Crippen LogP contribution in [-0.4, -0.2) is 39.7 Å². The molecule has 0 atom stereocenters. The van der Waals surface area contributed by atoms with Gasteiger partial charge in [-0.05, 0) is 30.3 Å². The molecule has 4 rings (SSSR count). The van der Waals surface area contributed by atoms with Gasteiger partial charge in [0.15, 0.2) is 0 Å².